The summed E-state index contributed by atoms with van der Waals surface area (Å²) in [6, 6.07) is 0.416. The molecule has 0 spiro atoms. The van der Waals surface area contributed by atoms with Crippen LogP contribution in [-0.2, 0) is 17.9 Å². The van der Waals surface area contributed by atoms with Crippen LogP contribution in [0, 0.1) is 5.92 Å². The molecule has 3 N–H and O–H groups in total. The molecule has 0 aromatic carbocycles. The summed E-state index contributed by atoms with van der Waals surface area (Å²) < 4.78 is 2.03. The Hall–Kier alpha value is -1.40. The number of likely N-dealkylation sites (tertiary alicyclic amines) is 1. The fourth-order valence-electron chi connectivity index (χ4n) is 3.15. The van der Waals surface area contributed by atoms with Gasteiger partial charge in [0, 0.05) is 50.4 Å². The fourth-order valence-corrected chi connectivity index (χ4v) is 3.15. The van der Waals surface area contributed by atoms with E-state index in [0.717, 1.165) is 32.6 Å². The number of carbonyl (C=O) groups excluding carboxylic acids is 1. The molecule has 1 fully saturated rings. The van der Waals surface area contributed by atoms with Gasteiger partial charge in [-0.2, -0.15) is 5.10 Å². The molecule has 2 rings (SSSR count). The zero-order chi connectivity index (χ0) is 16.7. The van der Waals surface area contributed by atoms with E-state index in [4.69, 9.17) is 5.73 Å². The molecule has 2 heterocycles. The van der Waals surface area contributed by atoms with E-state index in [1.165, 1.54) is 18.4 Å². The van der Waals surface area contributed by atoms with Gasteiger partial charge in [-0.05, 0) is 25.3 Å². The summed E-state index contributed by atoms with van der Waals surface area (Å²) in [6.45, 7) is 8.49. The second kappa shape index (κ2) is 9.03. The zero-order valence-corrected chi connectivity index (χ0v) is 14.5. The lowest BCUT2D eigenvalue weighted by Gasteiger charge is -2.35. The Morgan fingerprint density at radius 3 is 3.04 bits per heavy atom. The average Bonchev–Trinajstić information content (AvgIpc) is 2.93. The summed E-state index contributed by atoms with van der Waals surface area (Å²) in [5, 5.41) is 7.47. The molecule has 23 heavy (non-hydrogen) atoms. The number of nitrogens with one attached hydrogen (secondary N) is 1. The number of aromatic nitrogens is 2. The highest BCUT2D eigenvalue weighted by atomic mass is 16.1. The minimum atomic E-state index is 0.0581. The van der Waals surface area contributed by atoms with Gasteiger partial charge in [-0.25, -0.2) is 0 Å². The maximum absolute atomic E-state index is 11.6. The summed E-state index contributed by atoms with van der Waals surface area (Å²) in [5.41, 5.74) is 6.68. The number of rotatable bonds is 8. The molecule has 0 radical (unpaired) electrons. The van der Waals surface area contributed by atoms with Crippen molar-refractivity contribution in [3.63, 3.8) is 0 Å². The molecule has 1 amide bonds. The van der Waals surface area contributed by atoms with Crippen LogP contribution in [0.5, 0.6) is 0 Å². The van der Waals surface area contributed by atoms with E-state index in [1.54, 1.807) is 0 Å². The van der Waals surface area contributed by atoms with Crippen molar-refractivity contribution in [2.75, 3.05) is 19.6 Å². The third-order valence-electron chi connectivity index (χ3n) is 4.28. The topological polar surface area (TPSA) is 76.2 Å². The number of hydrogen-bond donors (Lipinski definition) is 2. The van der Waals surface area contributed by atoms with E-state index in [-0.39, 0.29) is 5.91 Å². The van der Waals surface area contributed by atoms with Crippen LogP contribution in [0.15, 0.2) is 12.4 Å². The molecule has 6 heteroatoms. The van der Waals surface area contributed by atoms with Gasteiger partial charge >= 0.3 is 0 Å². The van der Waals surface area contributed by atoms with E-state index < -0.39 is 0 Å². The molecule has 1 unspecified atom stereocenters. The van der Waals surface area contributed by atoms with E-state index >= 15 is 0 Å². The maximum atomic E-state index is 11.6. The molecule has 1 saturated heterocycles. The van der Waals surface area contributed by atoms with Gasteiger partial charge in [-0.3, -0.25) is 14.4 Å². The first kappa shape index (κ1) is 17.9. The molecule has 130 valence electrons. The number of nitrogens with two attached hydrogens (primary N) is 1. The van der Waals surface area contributed by atoms with Crippen molar-refractivity contribution in [3.8, 4) is 0 Å². The van der Waals surface area contributed by atoms with Gasteiger partial charge in [-0.1, -0.05) is 20.3 Å². The van der Waals surface area contributed by atoms with Crippen LogP contribution in [-0.4, -0.2) is 46.3 Å². The van der Waals surface area contributed by atoms with Gasteiger partial charge in [-0.15, -0.1) is 0 Å². The van der Waals surface area contributed by atoms with Crippen molar-refractivity contribution >= 4 is 5.91 Å². The number of nitrogens with zero attached hydrogens (tertiary/aromatic N) is 3. The molecule has 1 aromatic heterocycles. The molecular weight excluding hydrogens is 290 g/mol. The fraction of sp³-hybridized carbons (Fsp3) is 0.765. The summed E-state index contributed by atoms with van der Waals surface area (Å²) >= 11 is 0. The largest absolute Gasteiger partial charge is 0.354 e. The van der Waals surface area contributed by atoms with Gasteiger partial charge < -0.3 is 11.1 Å². The van der Waals surface area contributed by atoms with E-state index in [0.29, 0.717) is 24.9 Å². The Balaban J connectivity index is 1.87. The highest BCUT2D eigenvalue weighted by Gasteiger charge is 2.23. The van der Waals surface area contributed by atoms with E-state index in [1.807, 2.05) is 10.9 Å². The first-order valence-corrected chi connectivity index (χ1v) is 8.80. The SMILES string of the molecule is CC(C)Cn1cc(CN2CCCCC2CNC(=O)CCN)cn1. The lowest BCUT2D eigenvalue weighted by Crippen LogP contribution is -2.46. The molecular formula is C17H31N5O. The summed E-state index contributed by atoms with van der Waals surface area (Å²) in [5.74, 6) is 0.658. The minimum absolute atomic E-state index is 0.0581. The van der Waals surface area contributed by atoms with E-state index in [2.05, 4.69) is 35.4 Å². The van der Waals surface area contributed by atoms with Crippen LogP contribution >= 0.6 is 0 Å². The number of amides is 1. The first-order chi connectivity index (χ1) is 11.1. The van der Waals surface area contributed by atoms with Crippen molar-refractivity contribution < 1.29 is 4.79 Å². The Kier molecular flexibility index (Phi) is 7.05. The predicted octanol–water partition coefficient (Wildman–Crippen LogP) is 1.36. The second-order valence-corrected chi connectivity index (χ2v) is 6.93. The molecule has 1 aromatic rings. The highest BCUT2D eigenvalue weighted by Crippen LogP contribution is 2.19. The van der Waals surface area contributed by atoms with Crippen LogP contribution in [0.2, 0.25) is 0 Å². The Morgan fingerprint density at radius 2 is 2.30 bits per heavy atom. The second-order valence-electron chi connectivity index (χ2n) is 6.93. The Bertz CT molecular complexity index is 485. The Labute approximate surface area is 139 Å². The van der Waals surface area contributed by atoms with Crippen molar-refractivity contribution in [2.24, 2.45) is 11.7 Å². The van der Waals surface area contributed by atoms with Crippen molar-refractivity contribution in [3.05, 3.63) is 18.0 Å². The number of hydrogen-bond acceptors (Lipinski definition) is 4. The normalized spacial score (nSPS) is 19.2. The van der Waals surface area contributed by atoms with Gasteiger partial charge in [0.2, 0.25) is 5.91 Å². The van der Waals surface area contributed by atoms with Crippen LogP contribution in [0.25, 0.3) is 0 Å². The predicted molar refractivity (Wildman–Crippen MR) is 91.8 cm³/mol. The molecule has 1 aliphatic rings. The molecule has 1 aliphatic heterocycles. The van der Waals surface area contributed by atoms with Gasteiger partial charge in [0.25, 0.3) is 0 Å². The van der Waals surface area contributed by atoms with Gasteiger partial charge in [0.1, 0.15) is 0 Å². The summed E-state index contributed by atoms with van der Waals surface area (Å²) in [6.07, 6.45) is 8.14. The van der Waals surface area contributed by atoms with Crippen LogP contribution in [0.3, 0.4) is 0 Å². The van der Waals surface area contributed by atoms with Crippen LogP contribution in [0.4, 0.5) is 0 Å². The quantitative estimate of drug-likeness (QED) is 0.758. The monoisotopic (exact) mass is 321 g/mol. The lowest BCUT2D eigenvalue weighted by atomic mass is 10.0. The lowest BCUT2D eigenvalue weighted by molar-refractivity contribution is -0.121. The van der Waals surface area contributed by atoms with Crippen molar-refractivity contribution in [2.45, 2.75) is 58.7 Å². The molecule has 0 saturated carbocycles. The Morgan fingerprint density at radius 1 is 1.48 bits per heavy atom. The first-order valence-electron chi connectivity index (χ1n) is 8.80. The van der Waals surface area contributed by atoms with Crippen molar-refractivity contribution in [1.29, 1.82) is 0 Å². The zero-order valence-electron chi connectivity index (χ0n) is 14.5. The number of piperidine rings is 1. The standard InChI is InChI=1S/C17H31N5O/c1-14(2)11-22-13-15(9-20-22)12-21-8-4-3-5-16(21)10-19-17(23)6-7-18/h9,13-14,16H,3-8,10-12,18H2,1-2H3,(H,19,23). The average molecular weight is 321 g/mol. The highest BCUT2D eigenvalue weighted by molar-refractivity contribution is 5.76. The molecule has 0 bridgehead atoms. The van der Waals surface area contributed by atoms with Gasteiger partial charge in [0.15, 0.2) is 0 Å². The minimum Gasteiger partial charge on any atom is -0.354 e. The van der Waals surface area contributed by atoms with Crippen molar-refractivity contribution in [1.82, 2.24) is 20.0 Å². The summed E-state index contributed by atoms with van der Waals surface area (Å²) in [7, 11) is 0. The van der Waals surface area contributed by atoms with Gasteiger partial charge in [0.05, 0.1) is 6.20 Å². The number of carbonyl (C=O) groups is 1. The third-order valence-corrected chi connectivity index (χ3v) is 4.28. The van der Waals surface area contributed by atoms with E-state index in [9.17, 15) is 4.79 Å². The van der Waals surface area contributed by atoms with Crippen LogP contribution in [0.1, 0.15) is 45.1 Å². The summed E-state index contributed by atoms with van der Waals surface area (Å²) in [4.78, 5) is 14.1. The smallest absolute Gasteiger partial charge is 0.221 e. The molecule has 1 atom stereocenters. The molecule has 0 aliphatic carbocycles. The van der Waals surface area contributed by atoms with Crippen LogP contribution < -0.4 is 11.1 Å². The molecule has 6 nitrogen and oxygen atoms in total. The third kappa shape index (κ3) is 5.95. The maximum Gasteiger partial charge on any atom is 0.221 e.